The second-order valence-corrected chi connectivity index (χ2v) is 10.8. The number of carbonyl (C=O) groups excluding carboxylic acids is 4. The Kier molecular flexibility index (Phi) is 7.63. The van der Waals surface area contributed by atoms with E-state index in [-0.39, 0.29) is 35.1 Å². The Bertz CT molecular complexity index is 1400. The van der Waals surface area contributed by atoms with Crippen molar-refractivity contribution in [2.45, 2.75) is 25.2 Å². The minimum absolute atomic E-state index is 0.190. The van der Waals surface area contributed by atoms with Crippen LogP contribution in [0.15, 0.2) is 77.3 Å². The molecule has 0 spiro atoms. The number of imide groups is 1. The third-order valence-corrected chi connectivity index (χ3v) is 7.90. The number of rotatable bonds is 6. The summed E-state index contributed by atoms with van der Waals surface area (Å²) >= 11 is 9.38. The van der Waals surface area contributed by atoms with E-state index >= 15 is 0 Å². The summed E-state index contributed by atoms with van der Waals surface area (Å²) < 4.78 is 5.88. The van der Waals surface area contributed by atoms with E-state index in [1.54, 1.807) is 30.3 Å². The zero-order valence-corrected chi connectivity index (χ0v) is 22.6. The highest BCUT2D eigenvalue weighted by molar-refractivity contribution is 9.10. The van der Waals surface area contributed by atoms with Crippen molar-refractivity contribution in [1.82, 2.24) is 0 Å². The van der Waals surface area contributed by atoms with E-state index in [0.29, 0.717) is 29.2 Å². The number of nitrogens with one attached hydrogen (secondary N) is 1. The minimum Gasteiger partial charge on any atom is -0.452 e. The van der Waals surface area contributed by atoms with Crippen LogP contribution in [0.2, 0.25) is 5.02 Å². The fraction of sp³-hybridized carbons (Fsp3) is 0.241. The van der Waals surface area contributed by atoms with Gasteiger partial charge in [-0.15, -0.1) is 0 Å². The number of hydrogen-bond acceptors (Lipinski definition) is 5. The van der Waals surface area contributed by atoms with Gasteiger partial charge in [0, 0.05) is 4.47 Å². The Morgan fingerprint density at radius 2 is 1.66 bits per heavy atom. The predicted molar refractivity (Wildman–Crippen MR) is 147 cm³/mol. The number of amides is 3. The van der Waals surface area contributed by atoms with Gasteiger partial charge in [0.25, 0.3) is 5.91 Å². The summed E-state index contributed by atoms with van der Waals surface area (Å²) in [6.07, 6.45) is 2.18. The highest BCUT2D eigenvalue weighted by Gasteiger charge is 2.50. The first kappa shape index (κ1) is 26.1. The zero-order chi connectivity index (χ0) is 26.8. The Morgan fingerprint density at radius 1 is 0.947 bits per heavy atom. The lowest BCUT2D eigenvalue weighted by atomic mass is 9.73. The molecule has 1 saturated heterocycles. The van der Waals surface area contributed by atoms with Gasteiger partial charge in [0.2, 0.25) is 11.8 Å². The molecule has 2 fully saturated rings. The van der Waals surface area contributed by atoms with Gasteiger partial charge in [-0.25, -0.2) is 4.79 Å². The third kappa shape index (κ3) is 5.37. The van der Waals surface area contributed by atoms with Gasteiger partial charge in [0.15, 0.2) is 6.61 Å². The van der Waals surface area contributed by atoms with E-state index in [0.717, 1.165) is 10.9 Å². The lowest BCUT2D eigenvalue weighted by molar-refractivity contribution is -0.122. The Balaban J connectivity index is 1.20. The summed E-state index contributed by atoms with van der Waals surface area (Å²) in [5, 5.41) is 2.93. The maximum atomic E-state index is 13.3. The lowest BCUT2D eigenvalue weighted by Crippen LogP contribution is -2.30. The van der Waals surface area contributed by atoms with Gasteiger partial charge in [0.05, 0.1) is 33.8 Å². The van der Waals surface area contributed by atoms with Crippen molar-refractivity contribution in [1.29, 1.82) is 0 Å². The second kappa shape index (κ2) is 11.1. The number of halogens is 2. The molecule has 1 saturated carbocycles. The van der Waals surface area contributed by atoms with Crippen molar-refractivity contribution >= 4 is 62.6 Å². The first-order valence-corrected chi connectivity index (χ1v) is 13.4. The van der Waals surface area contributed by atoms with Crippen LogP contribution in [0.4, 0.5) is 11.4 Å². The van der Waals surface area contributed by atoms with Gasteiger partial charge >= 0.3 is 5.97 Å². The molecule has 3 amide bonds. The monoisotopic (exact) mass is 594 g/mol. The molecule has 1 aliphatic carbocycles. The summed E-state index contributed by atoms with van der Waals surface area (Å²) in [6, 6.07) is 21.2. The second-order valence-electron chi connectivity index (χ2n) is 9.44. The van der Waals surface area contributed by atoms with Crippen LogP contribution in [0.5, 0.6) is 0 Å². The number of ether oxygens (including phenoxy) is 1. The molecule has 2 aliphatic rings. The molecule has 194 valence electrons. The lowest BCUT2D eigenvalue weighted by Gasteiger charge is -2.28. The van der Waals surface area contributed by atoms with Crippen LogP contribution >= 0.6 is 27.5 Å². The summed E-state index contributed by atoms with van der Waals surface area (Å²) in [7, 11) is 0. The summed E-state index contributed by atoms with van der Waals surface area (Å²) in [5.41, 5.74) is 2.21. The molecule has 3 aromatic carbocycles. The van der Waals surface area contributed by atoms with Gasteiger partial charge in [-0.3, -0.25) is 19.3 Å². The van der Waals surface area contributed by atoms with Crippen molar-refractivity contribution in [2.24, 2.45) is 11.8 Å². The normalized spacial score (nSPS) is 20.7. The minimum atomic E-state index is -0.702. The van der Waals surface area contributed by atoms with Crippen LogP contribution < -0.4 is 10.2 Å². The molecule has 1 aliphatic heterocycles. The zero-order valence-electron chi connectivity index (χ0n) is 20.2. The molecule has 5 rings (SSSR count). The van der Waals surface area contributed by atoms with E-state index < -0.39 is 18.5 Å². The van der Waals surface area contributed by atoms with E-state index in [1.807, 2.05) is 18.2 Å². The molecule has 38 heavy (non-hydrogen) atoms. The quantitative estimate of drug-likeness (QED) is 0.280. The first-order valence-electron chi connectivity index (χ1n) is 12.3. The summed E-state index contributed by atoms with van der Waals surface area (Å²) in [4.78, 5) is 52.3. The highest BCUT2D eigenvalue weighted by Crippen LogP contribution is 2.45. The van der Waals surface area contributed by atoms with E-state index in [9.17, 15) is 19.2 Å². The van der Waals surface area contributed by atoms with Crippen LogP contribution in [-0.2, 0) is 19.1 Å². The number of benzene rings is 3. The molecule has 0 unspecified atom stereocenters. The van der Waals surface area contributed by atoms with E-state index in [1.165, 1.54) is 22.6 Å². The molecule has 9 heteroatoms. The fourth-order valence-corrected chi connectivity index (χ4v) is 5.92. The number of fused-ring (bicyclic) bond motifs is 1. The van der Waals surface area contributed by atoms with Crippen molar-refractivity contribution in [3.05, 3.63) is 93.4 Å². The van der Waals surface area contributed by atoms with E-state index in [4.69, 9.17) is 16.3 Å². The molecule has 1 N–H and O–H groups in total. The van der Waals surface area contributed by atoms with Crippen molar-refractivity contribution < 1.29 is 23.9 Å². The van der Waals surface area contributed by atoms with Crippen LogP contribution in [0.1, 0.15) is 41.1 Å². The number of carbonyl (C=O) groups is 4. The van der Waals surface area contributed by atoms with Crippen molar-refractivity contribution in [2.75, 3.05) is 16.8 Å². The van der Waals surface area contributed by atoms with Gasteiger partial charge in [-0.1, -0.05) is 57.9 Å². The third-order valence-electron chi connectivity index (χ3n) is 7.10. The molecule has 3 aromatic rings. The Labute approximate surface area is 233 Å². The number of esters is 1. The van der Waals surface area contributed by atoms with Crippen LogP contribution in [0.3, 0.4) is 0 Å². The molecule has 0 bridgehead atoms. The van der Waals surface area contributed by atoms with Gasteiger partial charge in [-0.05, 0) is 73.2 Å². The molecular weight excluding hydrogens is 572 g/mol. The first-order chi connectivity index (χ1) is 18.3. The topological polar surface area (TPSA) is 92.8 Å². The highest BCUT2D eigenvalue weighted by atomic mass is 79.9. The maximum absolute atomic E-state index is 13.3. The van der Waals surface area contributed by atoms with Gasteiger partial charge in [0.1, 0.15) is 0 Å². The Morgan fingerprint density at radius 3 is 2.37 bits per heavy atom. The van der Waals surface area contributed by atoms with Gasteiger partial charge < -0.3 is 10.1 Å². The molecule has 0 aromatic heterocycles. The number of nitrogens with zero attached hydrogens (tertiary/aromatic N) is 1. The standard InChI is InChI=1S/C29H24BrClN2O5/c30-20-9-13-25(24(31)15-20)32-26(34)16-38-29(37)18-6-10-21(11-7-18)33-27(35)22-12-8-19(14-23(22)28(33)36)17-4-2-1-3-5-17/h1-7,9-11,13,15,19,22-23H,8,12,14,16H2,(H,32,34)/t19-,22+,23+/m0/s1. The molecule has 3 atom stereocenters. The molecule has 0 radical (unpaired) electrons. The Hall–Kier alpha value is -3.49. The van der Waals surface area contributed by atoms with Crippen LogP contribution in [0, 0.1) is 11.8 Å². The SMILES string of the molecule is O=C(COC(=O)c1ccc(N2C(=O)[C@@H]3CC[C@H](c4ccccc4)C[C@H]3C2=O)cc1)Nc1ccc(Br)cc1Cl. The molecular formula is C29H24BrClN2O5. The summed E-state index contributed by atoms with van der Waals surface area (Å²) in [6.45, 7) is -0.498. The van der Waals surface area contributed by atoms with Crippen molar-refractivity contribution in [3.8, 4) is 0 Å². The predicted octanol–water partition coefficient (Wildman–Crippen LogP) is 5.97. The van der Waals surface area contributed by atoms with Crippen LogP contribution in [0.25, 0.3) is 0 Å². The fourth-order valence-electron chi connectivity index (χ4n) is 5.20. The van der Waals surface area contributed by atoms with E-state index in [2.05, 4.69) is 33.4 Å². The maximum Gasteiger partial charge on any atom is 0.338 e. The van der Waals surface area contributed by atoms with Crippen molar-refractivity contribution in [3.63, 3.8) is 0 Å². The van der Waals surface area contributed by atoms with Crippen LogP contribution in [-0.4, -0.2) is 30.3 Å². The molecule has 1 heterocycles. The van der Waals surface area contributed by atoms with Gasteiger partial charge in [-0.2, -0.15) is 0 Å². The molecule has 7 nitrogen and oxygen atoms in total. The average Bonchev–Trinajstić information content (AvgIpc) is 3.18. The summed E-state index contributed by atoms with van der Waals surface area (Å²) in [5.74, 6) is -2.03. The average molecular weight is 596 g/mol. The largest absolute Gasteiger partial charge is 0.452 e. The number of anilines is 2. The smallest absolute Gasteiger partial charge is 0.338 e. The number of hydrogen-bond donors (Lipinski definition) is 1.